The molecule has 0 radical (unpaired) electrons. The van der Waals surface area contributed by atoms with E-state index in [0.717, 1.165) is 78.0 Å². The average Bonchev–Trinajstić information content (AvgIpc) is 3.37. The Morgan fingerprint density at radius 3 is 2.54 bits per heavy atom. The van der Waals surface area contributed by atoms with Gasteiger partial charge < -0.3 is 15.0 Å². The van der Waals surface area contributed by atoms with E-state index in [1.54, 1.807) is 11.3 Å². The van der Waals surface area contributed by atoms with Crippen molar-refractivity contribution in [3.63, 3.8) is 0 Å². The standard InChI is InChI=1S/C32H33N7OS/c1-21-20-41-30-8-7-26(16-28(21)30)29-17-31(37-23(3)36-29)35-22(2)24-5-4-6-25(15-24)27-18-33-32(34-19-27)39-11-9-38(10-12-39)13-14-40/h4-8,14-20,22H,9-13H2,1-3H3,(H,35,36,37)/t22-/m0/s1. The Morgan fingerprint density at radius 2 is 1.76 bits per heavy atom. The van der Waals surface area contributed by atoms with Gasteiger partial charge in [0.15, 0.2) is 0 Å². The summed E-state index contributed by atoms with van der Waals surface area (Å²) in [6, 6.07) is 17.0. The molecule has 9 heteroatoms. The van der Waals surface area contributed by atoms with E-state index in [4.69, 9.17) is 4.98 Å². The lowest BCUT2D eigenvalue weighted by Gasteiger charge is -2.33. The monoisotopic (exact) mass is 563 g/mol. The van der Waals surface area contributed by atoms with Crippen LogP contribution in [-0.4, -0.2) is 63.8 Å². The Bertz CT molecular complexity index is 1680. The molecule has 0 spiro atoms. The van der Waals surface area contributed by atoms with E-state index in [9.17, 15) is 4.79 Å². The SMILES string of the molecule is Cc1nc(N[C@@H](C)c2cccc(-c3cnc(N4CCN(CC=O)CC4)nc3)c2)cc(-c2ccc3scc(C)c3c2)n1. The summed E-state index contributed by atoms with van der Waals surface area (Å²) in [6.07, 6.45) is 4.75. The number of thiophene rings is 1. The lowest BCUT2D eigenvalue weighted by Crippen LogP contribution is -2.47. The Morgan fingerprint density at radius 1 is 0.951 bits per heavy atom. The minimum absolute atomic E-state index is 0.0292. The third-order valence-electron chi connectivity index (χ3n) is 7.61. The molecule has 0 bridgehead atoms. The van der Waals surface area contributed by atoms with Gasteiger partial charge >= 0.3 is 0 Å². The van der Waals surface area contributed by atoms with Gasteiger partial charge in [0.2, 0.25) is 5.95 Å². The van der Waals surface area contributed by atoms with E-state index in [2.05, 4.69) is 91.8 Å². The highest BCUT2D eigenvalue weighted by atomic mass is 32.1. The molecule has 41 heavy (non-hydrogen) atoms. The number of nitrogens with zero attached hydrogens (tertiary/aromatic N) is 6. The van der Waals surface area contributed by atoms with Crippen LogP contribution >= 0.6 is 11.3 Å². The Hall–Kier alpha value is -4.21. The zero-order valence-corrected chi connectivity index (χ0v) is 24.4. The van der Waals surface area contributed by atoms with E-state index in [0.29, 0.717) is 6.54 Å². The first-order valence-electron chi connectivity index (χ1n) is 13.9. The van der Waals surface area contributed by atoms with Gasteiger partial charge in [-0.25, -0.2) is 19.9 Å². The second-order valence-corrected chi connectivity index (χ2v) is 11.4. The van der Waals surface area contributed by atoms with Crippen LogP contribution in [-0.2, 0) is 4.79 Å². The Balaban J connectivity index is 1.16. The topological polar surface area (TPSA) is 87.1 Å². The molecule has 2 aromatic carbocycles. The van der Waals surface area contributed by atoms with Crippen LogP contribution in [0.1, 0.15) is 29.9 Å². The van der Waals surface area contributed by atoms with Crippen molar-refractivity contribution in [1.29, 1.82) is 0 Å². The maximum absolute atomic E-state index is 10.8. The molecule has 0 saturated carbocycles. The van der Waals surface area contributed by atoms with Crippen LogP contribution < -0.4 is 10.2 Å². The van der Waals surface area contributed by atoms with Crippen molar-refractivity contribution in [2.45, 2.75) is 26.8 Å². The molecule has 5 aromatic rings. The van der Waals surface area contributed by atoms with Gasteiger partial charge in [-0.2, -0.15) is 0 Å². The molecular formula is C32H33N7OS. The van der Waals surface area contributed by atoms with E-state index in [1.807, 2.05) is 25.4 Å². The summed E-state index contributed by atoms with van der Waals surface area (Å²) in [5, 5.41) is 7.06. The molecule has 0 amide bonds. The summed E-state index contributed by atoms with van der Waals surface area (Å²) in [6.45, 7) is 10.0. The molecule has 208 valence electrons. The summed E-state index contributed by atoms with van der Waals surface area (Å²) in [5.41, 5.74) is 6.48. The van der Waals surface area contributed by atoms with Crippen molar-refractivity contribution in [2.75, 3.05) is 42.9 Å². The summed E-state index contributed by atoms with van der Waals surface area (Å²) in [5.74, 6) is 2.26. The molecular weight excluding hydrogens is 530 g/mol. The van der Waals surface area contributed by atoms with E-state index in [-0.39, 0.29) is 6.04 Å². The summed E-state index contributed by atoms with van der Waals surface area (Å²) < 4.78 is 1.29. The zero-order chi connectivity index (χ0) is 28.3. The molecule has 0 aliphatic carbocycles. The molecule has 1 fully saturated rings. The molecule has 8 nitrogen and oxygen atoms in total. The van der Waals surface area contributed by atoms with E-state index < -0.39 is 0 Å². The van der Waals surface area contributed by atoms with Gasteiger partial charge in [-0.05, 0) is 66.4 Å². The number of piperazine rings is 1. The van der Waals surface area contributed by atoms with Gasteiger partial charge in [-0.15, -0.1) is 11.3 Å². The quantitative estimate of drug-likeness (QED) is 0.233. The van der Waals surface area contributed by atoms with Crippen LogP contribution in [0.25, 0.3) is 32.5 Å². The molecule has 1 N–H and O–H groups in total. The number of carbonyl (C=O) groups is 1. The number of rotatable bonds is 8. The van der Waals surface area contributed by atoms with Gasteiger partial charge in [0.25, 0.3) is 0 Å². The molecule has 1 atom stereocenters. The summed E-state index contributed by atoms with van der Waals surface area (Å²) >= 11 is 1.77. The normalized spacial score (nSPS) is 14.8. The molecule has 1 aliphatic rings. The van der Waals surface area contributed by atoms with Crippen molar-refractivity contribution < 1.29 is 4.79 Å². The van der Waals surface area contributed by atoms with Crippen molar-refractivity contribution in [1.82, 2.24) is 24.8 Å². The van der Waals surface area contributed by atoms with E-state index in [1.165, 1.54) is 15.6 Å². The molecule has 1 aliphatic heterocycles. The number of carbonyl (C=O) groups excluding carboxylic acids is 1. The largest absolute Gasteiger partial charge is 0.363 e. The van der Waals surface area contributed by atoms with Gasteiger partial charge in [0, 0.05) is 66.5 Å². The third-order valence-corrected chi connectivity index (χ3v) is 8.69. The fourth-order valence-electron chi connectivity index (χ4n) is 5.27. The summed E-state index contributed by atoms with van der Waals surface area (Å²) in [4.78, 5) is 33.8. The van der Waals surface area contributed by atoms with Crippen LogP contribution in [0.15, 0.2) is 66.3 Å². The van der Waals surface area contributed by atoms with E-state index >= 15 is 0 Å². The van der Waals surface area contributed by atoms with Crippen LogP contribution in [0.2, 0.25) is 0 Å². The first-order valence-corrected chi connectivity index (χ1v) is 14.8. The smallest absolute Gasteiger partial charge is 0.225 e. The lowest BCUT2D eigenvalue weighted by atomic mass is 10.0. The van der Waals surface area contributed by atoms with Crippen molar-refractivity contribution in [3.05, 3.63) is 83.3 Å². The summed E-state index contributed by atoms with van der Waals surface area (Å²) in [7, 11) is 0. The molecule has 4 heterocycles. The van der Waals surface area contributed by atoms with Gasteiger partial charge in [-0.1, -0.05) is 24.3 Å². The van der Waals surface area contributed by atoms with Crippen LogP contribution in [0.4, 0.5) is 11.8 Å². The minimum Gasteiger partial charge on any atom is -0.363 e. The lowest BCUT2D eigenvalue weighted by molar-refractivity contribution is -0.108. The fraction of sp³-hybridized carbons (Fsp3) is 0.281. The first-order chi connectivity index (χ1) is 20.0. The number of hydrogen-bond donors (Lipinski definition) is 1. The predicted octanol–water partition coefficient (Wildman–Crippen LogP) is 5.93. The average molecular weight is 564 g/mol. The molecule has 0 unspecified atom stereocenters. The predicted molar refractivity (Wildman–Crippen MR) is 167 cm³/mol. The second-order valence-electron chi connectivity index (χ2n) is 10.5. The third kappa shape index (κ3) is 5.96. The first kappa shape index (κ1) is 27.0. The Kier molecular flexibility index (Phi) is 7.71. The van der Waals surface area contributed by atoms with Crippen molar-refractivity contribution in [2.24, 2.45) is 0 Å². The highest BCUT2D eigenvalue weighted by molar-refractivity contribution is 7.17. The van der Waals surface area contributed by atoms with Crippen molar-refractivity contribution >= 4 is 39.5 Å². The van der Waals surface area contributed by atoms with Gasteiger partial charge in [0.05, 0.1) is 12.2 Å². The molecule has 1 saturated heterocycles. The second kappa shape index (κ2) is 11.7. The number of aromatic nitrogens is 4. The van der Waals surface area contributed by atoms with Gasteiger partial charge in [0.1, 0.15) is 17.9 Å². The van der Waals surface area contributed by atoms with Crippen LogP contribution in [0.3, 0.4) is 0 Å². The number of benzene rings is 2. The highest BCUT2D eigenvalue weighted by Gasteiger charge is 2.19. The number of hydrogen-bond acceptors (Lipinski definition) is 9. The van der Waals surface area contributed by atoms with Gasteiger partial charge in [-0.3, -0.25) is 4.90 Å². The minimum atomic E-state index is 0.0292. The number of fused-ring (bicyclic) bond motifs is 1. The number of aldehydes is 1. The zero-order valence-electron chi connectivity index (χ0n) is 23.5. The maximum atomic E-state index is 10.8. The number of aryl methyl sites for hydroxylation is 2. The molecule has 3 aromatic heterocycles. The number of nitrogens with one attached hydrogen (secondary N) is 1. The van der Waals surface area contributed by atoms with Crippen LogP contribution in [0, 0.1) is 13.8 Å². The fourth-order valence-corrected chi connectivity index (χ4v) is 6.19. The van der Waals surface area contributed by atoms with Crippen molar-refractivity contribution in [3.8, 4) is 22.4 Å². The number of anilines is 2. The molecule has 6 rings (SSSR count). The highest BCUT2D eigenvalue weighted by Crippen LogP contribution is 2.31. The Labute approximate surface area is 244 Å². The maximum Gasteiger partial charge on any atom is 0.225 e. The van der Waals surface area contributed by atoms with Crippen LogP contribution in [0.5, 0.6) is 0 Å².